The van der Waals surface area contributed by atoms with Crippen molar-refractivity contribution in [3.63, 3.8) is 0 Å². The normalized spacial score (nSPS) is 10.5. The number of hydrogen-bond acceptors (Lipinski definition) is 5. The molecule has 2 aromatic rings. The zero-order valence-corrected chi connectivity index (χ0v) is 11.4. The molecule has 0 saturated heterocycles. The van der Waals surface area contributed by atoms with E-state index < -0.39 is 17.5 Å². The number of carbonyl (C=O) groups is 1. The van der Waals surface area contributed by atoms with Crippen molar-refractivity contribution in [2.45, 2.75) is 0 Å². The summed E-state index contributed by atoms with van der Waals surface area (Å²) < 4.78 is 5.01. The predicted molar refractivity (Wildman–Crippen MR) is 79.9 cm³/mol. The smallest absolute Gasteiger partial charge is 0.341 e. The highest BCUT2D eigenvalue weighted by atomic mass is 16.6. The number of carboxylic acids is 1. The molecule has 0 amide bonds. The Kier molecular flexibility index (Phi) is 4.81. The maximum Gasteiger partial charge on any atom is 0.341 e. The van der Waals surface area contributed by atoms with E-state index in [0.29, 0.717) is 11.4 Å². The van der Waals surface area contributed by atoms with E-state index >= 15 is 0 Å². The number of rotatable bonds is 6. The molecule has 0 radical (unpaired) electrons. The highest BCUT2D eigenvalue weighted by molar-refractivity contribution is 5.82. The summed E-state index contributed by atoms with van der Waals surface area (Å²) in [4.78, 5) is 24.6. The second-order valence-corrected chi connectivity index (χ2v) is 4.28. The Balaban J connectivity index is 2.00. The summed E-state index contributed by atoms with van der Waals surface area (Å²) in [7, 11) is 0. The third kappa shape index (κ3) is 4.41. The maximum atomic E-state index is 10.5. The Morgan fingerprint density at radius 1 is 1.18 bits per heavy atom. The van der Waals surface area contributed by atoms with Crippen LogP contribution < -0.4 is 4.74 Å². The van der Waals surface area contributed by atoms with Crippen LogP contribution in [0, 0.1) is 10.1 Å². The molecule has 0 fully saturated rings. The van der Waals surface area contributed by atoms with E-state index in [9.17, 15) is 14.9 Å². The van der Waals surface area contributed by atoms with Crippen LogP contribution in [0.2, 0.25) is 0 Å². The van der Waals surface area contributed by atoms with Gasteiger partial charge in [0.25, 0.3) is 5.69 Å². The first-order valence-electron chi connectivity index (χ1n) is 6.28. The lowest BCUT2D eigenvalue weighted by Crippen LogP contribution is -2.09. The molecule has 7 nitrogen and oxygen atoms in total. The number of non-ortho nitro benzene ring substituents is 1. The Labute approximate surface area is 125 Å². The molecule has 0 spiro atoms. The minimum atomic E-state index is -1.04. The summed E-state index contributed by atoms with van der Waals surface area (Å²) in [6.07, 6.45) is 1.60. The summed E-state index contributed by atoms with van der Waals surface area (Å²) in [5.74, 6) is -0.585. The fourth-order valence-corrected chi connectivity index (χ4v) is 1.60. The number of ether oxygens (including phenoxy) is 1. The number of carboxylic acid groups (broad SMARTS) is 1. The second-order valence-electron chi connectivity index (χ2n) is 4.28. The summed E-state index contributed by atoms with van der Waals surface area (Å²) in [5.41, 5.74) is 1.40. The van der Waals surface area contributed by atoms with E-state index in [2.05, 4.69) is 4.99 Å². The number of hydrogen-bond donors (Lipinski definition) is 1. The molecule has 0 aliphatic rings. The van der Waals surface area contributed by atoms with Crippen LogP contribution in [0.15, 0.2) is 53.5 Å². The lowest BCUT2D eigenvalue weighted by Gasteiger charge is -2.02. The van der Waals surface area contributed by atoms with Crippen LogP contribution >= 0.6 is 0 Å². The van der Waals surface area contributed by atoms with Crippen LogP contribution in [0.4, 0.5) is 11.4 Å². The molecule has 0 aromatic heterocycles. The van der Waals surface area contributed by atoms with E-state index in [0.717, 1.165) is 5.56 Å². The average molecular weight is 300 g/mol. The number of nitro benzene ring substituents is 1. The Morgan fingerprint density at radius 2 is 1.82 bits per heavy atom. The van der Waals surface area contributed by atoms with Gasteiger partial charge in [-0.05, 0) is 42.0 Å². The lowest BCUT2D eigenvalue weighted by molar-refractivity contribution is -0.384. The van der Waals surface area contributed by atoms with E-state index in [-0.39, 0.29) is 5.69 Å². The van der Waals surface area contributed by atoms with Gasteiger partial charge in [0.2, 0.25) is 0 Å². The molecular weight excluding hydrogens is 288 g/mol. The molecule has 1 N–H and O–H groups in total. The molecule has 0 aliphatic carbocycles. The van der Waals surface area contributed by atoms with Gasteiger partial charge in [0.1, 0.15) is 5.75 Å². The first kappa shape index (κ1) is 15.2. The van der Waals surface area contributed by atoms with Crippen molar-refractivity contribution in [1.29, 1.82) is 0 Å². The Morgan fingerprint density at radius 3 is 2.36 bits per heavy atom. The van der Waals surface area contributed by atoms with E-state index in [1.807, 2.05) is 0 Å². The van der Waals surface area contributed by atoms with Gasteiger partial charge in [0.05, 0.1) is 10.6 Å². The molecule has 22 heavy (non-hydrogen) atoms. The van der Waals surface area contributed by atoms with Crippen LogP contribution in [-0.2, 0) is 4.79 Å². The second kappa shape index (κ2) is 6.98. The highest BCUT2D eigenvalue weighted by Crippen LogP contribution is 2.18. The molecule has 0 saturated carbocycles. The molecule has 0 aliphatic heterocycles. The first-order chi connectivity index (χ1) is 10.5. The van der Waals surface area contributed by atoms with E-state index in [1.54, 1.807) is 42.6 Å². The summed E-state index contributed by atoms with van der Waals surface area (Å²) >= 11 is 0. The van der Waals surface area contributed by atoms with Gasteiger partial charge in [-0.2, -0.15) is 0 Å². The van der Waals surface area contributed by atoms with Crippen molar-refractivity contribution in [3.05, 3.63) is 64.2 Å². The topological polar surface area (TPSA) is 102 Å². The maximum absolute atomic E-state index is 10.5. The Bertz CT molecular complexity index is 693. The summed E-state index contributed by atoms with van der Waals surface area (Å²) in [5, 5.41) is 19.0. The molecule has 0 unspecified atom stereocenters. The van der Waals surface area contributed by atoms with Crippen LogP contribution in [0.1, 0.15) is 5.56 Å². The van der Waals surface area contributed by atoms with Gasteiger partial charge in [-0.25, -0.2) is 4.79 Å². The van der Waals surface area contributed by atoms with Crippen molar-refractivity contribution < 1.29 is 19.6 Å². The van der Waals surface area contributed by atoms with Gasteiger partial charge >= 0.3 is 5.97 Å². The fourth-order valence-electron chi connectivity index (χ4n) is 1.60. The fraction of sp³-hybridized carbons (Fsp3) is 0.0667. The van der Waals surface area contributed by atoms with Crippen LogP contribution in [0.5, 0.6) is 5.75 Å². The lowest BCUT2D eigenvalue weighted by atomic mass is 10.2. The van der Waals surface area contributed by atoms with Gasteiger partial charge in [0, 0.05) is 18.3 Å². The van der Waals surface area contributed by atoms with E-state index in [4.69, 9.17) is 9.84 Å². The van der Waals surface area contributed by atoms with Gasteiger partial charge in [-0.3, -0.25) is 15.1 Å². The third-order valence-electron chi connectivity index (χ3n) is 2.67. The standard InChI is InChI=1S/C15H12N2O5/c18-15(19)10-22-14-7-1-11(2-8-14)9-16-12-3-5-13(6-4-12)17(20)21/h1-9H,10H2,(H,18,19). The van der Waals surface area contributed by atoms with Gasteiger partial charge in [0.15, 0.2) is 6.61 Å². The quantitative estimate of drug-likeness (QED) is 0.502. The van der Waals surface area contributed by atoms with Crippen molar-refractivity contribution in [2.75, 3.05) is 6.61 Å². The van der Waals surface area contributed by atoms with Crippen LogP contribution in [0.3, 0.4) is 0 Å². The molecule has 112 valence electrons. The molecule has 0 heterocycles. The SMILES string of the molecule is O=C(O)COc1ccc(C=Nc2ccc([N+](=O)[O-])cc2)cc1. The minimum Gasteiger partial charge on any atom is -0.482 e. The van der Waals surface area contributed by atoms with Crippen molar-refractivity contribution in [1.82, 2.24) is 0 Å². The summed E-state index contributed by atoms with van der Waals surface area (Å²) in [6, 6.07) is 12.6. The molecule has 0 bridgehead atoms. The monoisotopic (exact) mass is 300 g/mol. The van der Waals surface area contributed by atoms with Crippen molar-refractivity contribution in [2.24, 2.45) is 4.99 Å². The van der Waals surface area contributed by atoms with Gasteiger partial charge < -0.3 is 9.84 Å². The number of nitro groups is 1. The molecular formula is C15H12N2O5. The number of benzene rings is 2. The Hall–Kier alpha value is -3.22. The first-order valence-corrected chi connectivity index (χ1v) is 6.28. The van der Waals surface area contributed by atoms with Gasteiger partial charge in [-0.15, -0.1) is 0 Å². The zero-order valence-electron chi connectivity index (χ0n) is 11.4. The zero-order chi connectivity index (χ0) is 15.9. The van der Waals surface area contributed by atoms with Crippen molar-refractivity contribution >= 4 is 23.6 Å². The summed E-state index contributed by atoms with van der Waals surface area (Å²) in [6.45, 7) is -0.393. The number of nitrogens with zero attached hydrogens (tertiary/aromatic N) is 2. The molecule has 0 atom stereocenters. The van der Waals surface area contributed by atoms with Crippen LogP contribution in [0.25, 0.3) is 0 Å². The average Bonchev–Trinajstić information content (AvgIpc) is 2.52. The molecule has 2 aromatic carbocycles. The highest BCUT2D eigenvalue weighted by Gasteiger charge is 2.03. The van der Waals surface area contributed by atoms with Crippen molar-refractivity contribution in [3.8, 4) is 5.75 Å². The minimum absolute atomic E-state index is 0.0129. The molecule has 7 heteroatoms. The number of aliphatic carboxylic acids is 1. The van der Waals surface area contributed by atoms with E-state index in [1.165, 1.54) is 12.1 Å². The predicted octanol–water partition coefficient (Wildman–Crippen LogP) is 2.81. The van der Waals surface area contributed by atoms with Crippen LogP contribution in [-0.4, -0.2) is 28.8 Å². The van der Waals surface area contributed by atoms with Gasteiger partial charge in [-0.1, -0.05) is 0 Å². The number of aliphatic imine (C=N–C) groups is 1. The third-order valence-corrected chi connectivity index (χ3v) is 2.67. The molecule has 2 rings (SSSR count). The largest absolute Gasteiger partial charge is 0.482 e.